The minimum Gasteiger partial charge on any atom is -0.496 e. The van der Waals surface area contributed by atoms with Crippen LogP contribution in [0.2, 0.25) is 0 Å². The fourth-order valence-corrected chi connectivity index (χ4v) is 3.14. The quantitative estimate of drug-likeness (QED) is 0.903. The third-order valence-electron chi connectivity index (χ3n) is 3.71. The zero-order valence-electron chi connectivity index (χ0n) is 15.0. The van der Waals surface area contributed by atoms with E-state index in [2.05, 4.69) is 10.8 Å². The molecular weight excluding hydrogens is 310 g/mol. The van der Waals surface area contributed by atoms with Gasteiger partial charge in [-0.3, -0.25) is 0 Å². The lowest BCUT2D eigenvalue weighted by Gasteiger charge is -2.29. The summed E-state index contributed by atoms with van der Waals surface area (Å²) in [4.78, 5) is 0. The van der Waals surface area contributed by atoms with Crippen LogP contribution in [0.25, 0.3) is 6.08 Å². The number of fused-ring (bicyclic) bond motifs is 1. The molecule has 0 amide bonds. The van der Waals surface area contributed by atoms with Crippen LogP contribution in [0.3, 0.4) is 0 Å². The molecule has 1 N–H and O–H groups in total. The van der Waals surface area contributed by atoms with Crippen LogP contribution in [0.1, 0.15) is 58.7 Å². The number of ether oxygens (including phenoxy) is 2. The van der Waals surface area contributed by atoms with Gasteiger partial charge < -0.3 is 9.47 Å². The summed E-state index contributed by atoms with van der Waals surface area (Å²) in [7, 11) is 0.494. The third kappa shape index (κ3) is 4.15. The Morgan fingerprint density at radius 2 is 1.96 bits per heavy atom. The lowest BCUT2D eigenvalue weighted by molar-refractivity contribution is 0.158. The summed E-state index contributed by atoms with van der Waals surface area (Å²) in [6.07, 6.45) is 4.10. The normalized spacial score (nSPS) is 18.7. The molecule has 0 aliphatic carbocycles. The Labute approximate surface area is 141 Å². The van der Waals surface area contributed by atoms with Crippen LogP contribution in [0.5, 0.6) is 11.5 Å². The second kappa shape index (κ2) is 6.29. The van der Waals surface area contributed by atoms with Gasteiger partial charge in [-0.05, 0) is 53.7 Å². The molecule has 0 radical (unpaired) electrons. The van der Waals surface area contributed by atoms with E-state index in [0.29, 0.717) is 0 Å². The van der Waals surface area contributed by atoms with Crippen LogP contribution >= 0.6 is 0 Å². The smallest absolute Gasteiger partial charge is 0.131 e. The van der Waals surface area contributed by atoms with Crippen molar-refractivity contribution in [2.24, 2.45) is 0 Å². The first-order valence-electron chi connectivity index (χ1n) is 7.82. The molecule has 0 saturated heterocycles. The van der Waals surface area contributed by atoms with Crippen LogP contribution in [0.15, 0.2) is 18.2 Å². The van der Waals surface area contributed by atoms with E-state index in [1.165, 1.54) is 0 Å². The average molecular weight is 337 g/mol. The zero-order chi connectivity index (χ0) is 17.4. The maximum Gasteiger partial charge on any atom is 0.131 e. The molecule has 5 heteroatoms. The van der Waals surface area contributed by atoms with Crippen LogP contribution in [0.4, 0.5) is 0 Å². The molecule has 0 bridgehead atoms. The number of hydrogen-bond donors (Lipinski definition) is 1. The van der Waals surface area contributed by atoms with Crippen molar-refractivity contribution in [3.63, 3.8) is 0 Å². The van der Waals surface area contributed by atoms with E-state index in [-0.39, 0.29) is 16.4 Å². The molecule has 0 fully saturated rings. The Morgan fingerprint density at radius 1 is 1.30 bits per heavy atom. The van der Waals surface area contributed by atoms with Gasteiger partial charge in [0.05, 0.1) is 22.8 Å². The lowest BCUT2D eigenvalue weighted by atomic mass is 9.98. The van der Waals surface area contributed by atoms with Gasteiger partial charge in [0.15, 0.2) is 0 Å². The zero-order valence-corrected chi connectivity index (χ0v) is 15.8. The molecular formula is C18H27NO3S. The van der Waals surface area contributed by atoms with E-state index < -0.39 is 11.0 Å². The van der Waals surface area contributed by atoms with E-state index in [9.17, 15) is 4.21 Å². The van der Waals surface area contributed by atoms with Crippen molar-refractivity contribution in [2.75, 3.05) is 7.11 Å². The number of nitrogens with one attached hydrogen (secondary N) is 1. The van der Waals surface area contributed by atoms with Crippen LogP contribution < -0.4 is 14.2 Å². The molecule has 128 valence electrons. The number of hydrogen-bond acceptors (Lipinski definition) is 3. The van der Waals surface area contributed by atoms with Crippen molar-refractivity contribution in [3.05, 3.63) is 29.3 Å². The highest BCUT2D eigenvalue weighted by Gasteiger charge is 2.26. The van der Waals surface area contributed by atoms with Crippen molar-refractivity contribution in [1.29, 1.82) is 0 Å². The van der Waals surface area contributed by atoms with Crippen molar-refractivity contribution in [2.45, 2.75) is 57.9 Å². The van der Waals surface area contributed by atoms with Crippen molar-refractivity contribution in [3.8, 4) is 11.5 Å². The highest BCUT2D eigenvalue weighted by Crippen LogP contribution is 2.38. The van der Waals surface area contributed by atoms with Crippen molar-refractivity contribution >= 4 is 17.1 Å². The Bertz CT molecular complexity index is 644. The molecule has 0 spiro atoms. The molecule has 1 aromatic carbocycles. The Kier molecular flexibility index (Phi) is 4.92. The van der Waals surface area contributed by atoms with E-state index >= 15 is 0 Å². The number of methoxy groups -OCH3 is 1. The minimum absolute atomic E-state index is 0.0985. The van der Waals surface area contributed by atoms with Gasteiger partial charge in [-0.2, -0.15) is 0 Å². The van der Waals surface area contributed by atoms with E-state index in [1.807, 2.05) is 59.8 Å². The van der Waals surface area contributed by atoms with Crippen LogP contribution in [-0.2, 0) is 11.0 Å². The van der Waals surface area contributed by atoms with Crippen LogP contribution in [-0.4, -0.2) is 21.7 Å². The second-order valence-corrected chi connectivity index (χ2v) is 9.39. The lowest BCUT2D eigenvalue weighted by Crippen LogP contribution is -2.35. The molecule has 0 unspecified atom stereocenters. The van der Waals surface area contributed by atoms with E-state index in [0.717, 1.165) is 22.6 Å². The SMILES string of the molecule is COc1cc2c(cc1[C@H](C)N[S@](=O)C(C)(C)C)C=CC(C)(C)O2. The van der Waals surface area contributed by atoms with Crippen LogP contribution in [0, 0.1) is 0 Å². The highest BCUT2D eigenvalue weighted by molar-refractivity contribution is 7.84. The summed E-state index contributed by atoms with van der Waals surface area (Å²) in [5, 5.41) is 0. The first kappa shape index (κ1) is 18.0. The van der Waals surface area contributed by atoms with Gasteiger partial charge in [0.25, 0.3) is 0 Å². The Morgan fingerprint density at radius 3 is 2.52 bits per heavy atom. The molecule has 1 heterocycles. The molecule has 2 rings (SSSR count). The fourth-order valence-electron chi connectivity index (χ4n) is 2.34. The second-order valence-electron chi connectivity index (χ2n) is 7.39. The first-order valence-corrected chi connectivity index (χ1v) is 8.97. The van der Waals surface area contributed by atoms with E-state index in [4.69, 9.17) is 9.47 Å². The molecule has 1 aromatic rings. The molecule has 1 aliphatic heterocycles. The van der Waals surface area contributed by atoms with Gasteiger partial charge in [-0.25, -0.2) is 8.93 Å². The maximum absolute atomic E-state index is 12.3. The van der Waals surface area contributed by atoms with Gasteiger partial charge >= 0.3 is 0 Å². The largest absolute Gasteiger partial charge is 0.496 e. The van der Waals surface area contributed by atoms with Crippen molar-refractivity contribution < 1.29 is 13.7 Å². The summed E-state index contributed by atoms with van der Waals surface area (Å²) in [5.74, 6) is 1.54. The predicted octanol–water partition coefficient (Wildman–Crippen LogP) is 3.99. The minimum atomic E-state index is -1.15. The Hall–Kier alpha value is -1.33. The van der Waals surface area contributed by atoms with Gasteiger partial charge in [-0.15, -0.1) is 0 Å². The molecule has 4 nitrogen and oxygen atoms in total. The third-order valence-corrected chi connectivity index (χ3v) is 5.39. The summed E-state index contributed by atoms with van der Waals surface area (Å²) >= 11 is 0. The molecule has 23 heavy (non-hydrogen) atoms. The van der Waals surface area contributed by atoms with Crippen molar-refractivity contribution in [1.82, 2.24) is 4.72 Å². The number of rotatable bonds is 4. The average Bonchev–Trinajstić information content (AvgIpc) is 2.43. The predicted molar refractivity (Wildman–Crippen MR) is 96.2 cm³/mol. The maximum atomic E-state index is 12.3. The Balaban J connectivity index is 2.34. The van der Waals surface area contributed by atoms with Gasteiger partial charge in [0, 0.05) is 23.2 Å². The fraction of sp³-hybridized carbons (Fsp3) is 0.556. The summed E-state index contributed by atoms with van der Waals surface area (Å²) in [5.41, 5.74) is 1.66. The standard InChI is InChI=1S/C18H27NO3S/c1-12(19-23(20)17(2,3)4)14-10-13-8-9-18(5,6)22-15(13)11-16(14)21-7/h8-12,19H,1-7H3/t12-,23+/m0/s1. The highest BCUT2D eigenvalue weighted by atomic mass is 32.2. The van der Waals surface area contributed by atoms with Gasteiger partial charge in [-0.1, -0.05) is 6.08 Å². The summed E-state index contributed by atoms with van der Waals surface area (Å²) < 4.78 is 26.7. The summed E-state index contributed by atoms with van der Waals surface area (Å²) in [6.45, 7) is 11.9. The molecule has 2 atom stereocenters. The number of benzene rings is 1. The molecule has 1 aliphatic rings. The monoisotopic (exact) mass is 337 g/mol. The molecule has 0 saturated carbocycles. The summed E-state index contributed by atoms with van der Waals surface area (Å²) in [6, 6.07) is 3.85. The topological polar surface area (TPSA) is 47.6 Å². The van der Waals surface area contributed by atoms with Gasteiger partial charge in [0.2, 0.25) is 0 Å². The first-order chi connectivity index (χ1) is 10.5. The van der Waals surface area contributed by atoms with Gasteiger partial charge in [0.1, 0.15) is 17.1 Å². The van der Waals surface area contributed by atoms with E-state index in [1.54, 1.807) is 7.11 Å². The molecule has 0 aromatic heterocycles.